The molecule has 0 spiro atoms. The molecule has 2 heterocycles. The maximum absolute atomic E-state index is 12.8. The molecule has 0 bridgehead atoms. The predicted octanol–water partition coefficient (Wildman–Crippen LogP) is 1.07. The van der Waals surface area contributed by atoms with Crippen LogP contribution in [0.3, 0.4) is 0 Å². The summed E-state index contributed by atoms with van der Waals surface area (Å²) in [6.07, 6.45) is 0.248. The molecule has 1 aliphatic heterocycles. The molecule has 0 radical (unpaired) electrons. The first-order valence-electron chi connectivity index (χ1n) is 8.05. The van der Waals surface area contributed by atoms with E-state index in [1.54, 1.807) is 6.92 Å². The number of furan rings is 1. The van der Waals surface area contributed by atoms with Crippen LogP contribution in [0.15, 0.2) is 4.42 Å². The zero-order valence-electron chi connectivity index (χ0n) is 14.2. The minimum absolute atomic E-state index is 0.0125. The molecule has 1 saturated heterocycles. The first-order chi connectivity index (χ1) is 11.2. The smallest absolute Gasteiger partial charge is 0.290 e. The van der Waals surface area contributed by atoms with Gasteiger partial charge in [0.1, 0.15) is 5.76 Å². The quantitative estimate of drug-likeness (QED) is 0.871. The number of fused-ring (bicyclic) bond motifs is 1. The zero-order valence-corrected chi connectivity index (χ0v) is 14.2. The maximum atomic E-state index is 12.8. The van der Waals surface area contributed by atoms with E-state index in [2.05, 4.69) is 0 Å². The minimum Gasteiger partial charge on any atom is -0.455 e. The Morgan fingerprint density at radius 2 is 2.00 bits per heavy atom. The van der Waals surface area contributed by atoms with Crippen molar-refractivity contribution in [3.05, 3.63) is 22.6 Å². The van der Waals surface area contributed by atoms with Crippen molar-refractivity contribution in [2.24, 2.45) is 11.1 Å². The van der Waals surface area contributed by atoms with Crippen molar-refractivity contribution in [1.82, 2.24) is 4.90 Å². The number of ether oxygens (including phenoxy) is 1. The van der Waals surface area contributed by atoms with E-state index in [9.17, 15) is 14.4 Å². The number of nitrogens with two attached hydrogens (primary N) is 1. The molecule has 0 saturated carbocycles. The average Bonchev–Trinajstić information content (AvgIpc) is 2.82. The Balaban J connectivity index is 1.89. The Morgan fingerprint density at radius 3 is 2.67 bits per heavy atom. The van der Waals surface area contributed by atoms with E-state index in [1.807, 2.05) is 13.8 Å². The van der Waals surface area contributed by atoms with Crippen LogP contribution in [0.5, 0.6) is 0 Å². The molecule has 0 aromatic carbocycles. The highest BCUT2D eigenvalue weighted by atomic mass is 16.5. The van der Waals surface area contributed by atoms with Gasteiger partial charge in [-0.1, -0.05) is 13.8 Å². The van der Waals surface area contributed by atoms with Gasteiger partial charge in [-0.25, -0.2) is 0 Å². The molecule has 1 unspecified atom stereocenters. The maximum Gasteiger partial charge on any atom is 0.290 e. The molecule has 1 aromatic heterocycles. The Hall–Kier alpha value is -2.15. The molecule has 2 amide bonds. The fraction of sp³-hybridized carbons (Fsp3) is 0.588. The SMILES string of the molecule is Cc1c(C(=O)N2CCOC(C(N)=O)C2)oc2c1C(=O)CC(C)(C)C2. The van der Waals surface area contributed by atoms with E-state index < -0.39 is 12.0 Å². The second-order valence-corrected chi connectivity index (χ2v) is 7.31. The molecule has 1 fully saturated rings. The second kappa shape index (κ2) is 5.73. The number of amides is 2. The van der Waals surface area contributed by atoms with E-state index in [4.69, 9.17) is 14.9 Å². The van der Waals surface area contributed by atoms with Crippen LogP contribution in [0, 0.1) is 12.3 Å². The van der Waals surface area contributed by atoms with Crippen LogP contribution in [0.1, 0.15) is 52.5 Å². The summed E-state index contributed by atoms with van der Waals surface area (Å²) in [6.45, 7) is 6.44. The number of nitrogens with zero attached hydrogens (tertiary/aromatic N) is 1. The lowest BCUT2D eigenvalue weighted by molar-refractivity contribution is -0.133. The standard InChI is InChI=1S/C17H22N2O5/c1-9-13-10(20)6-17(2,3)7-11(13)24-14(9)16(22)19-4-5-23-12(8-19)15(18)21/h12H,4-8H2,1-3H3,(H2,18,21). The molecule has 7 nitrogen and oxygen atoms in total. The van der Waals surface area contributed by atoms with Gasteiger partial charge in [-0.05, 0) is 12.3 Å². The normalized spacial score (nSPS) is 23.0. The van der Waals surface area contributed by atoms with Crippen LogP contribution in [0.25, 0.3) is 0 Å². The lowest BCUT2D eigenvalue weighted by atomic mass is 9.76. The van der Waals surface area contributed by atoms with Crippen molar-refractivity contribution >= 4 is 17.6 Å². The number of ketones is 1. The summed E-state index contributed by atoms with van der Waals surface area (Å²) in [4.78, 5) is 38.0. The first kappa shape index (κ1) is 16.7. The van der Waals surface area contributed by atoms with Gasteiger partial charge in [-0.15, -0.1) is 0 Å². The van der Waals surface area contributed by atoms with Gasteiger partial charge < -0.3 is 19.8 Å². The molecule has 130 valence electrons. The molecule has 1 atom stereocenters. The van der Waals surface area contributed by atoms with Crippen molar-refractivity contribution in [3.8, 4) is 0 Å². The molecule has 7 heteroatoms. The molecule has 24 heavy (non-hydrogen) atoms. The number of primary amides is 1. The third-order valence-electron chi connectivity index (χ3n) is 4.64. The summed E-state index contributed by atoms with van der Waals surface area (Å²) in [5.41, 5.74) is 6.20. The van der Waals surface area contributed by atoms with Gasteiger partial charge in [0.2, 0.25) is 5.91 Å². The van der Waals surface area contributed by atoms with Crippen LogP contribution >= 0.6 is 0 Å². The number of morpholine rings is 1. The van der Waals surface area contributed by atoms with Crippen LogP contribution in [-0.2, 0) is 16.0 Å². The lowest BCUT2D eigenvalue weighted by Crippen LogP contribution is -2.50. The summed E-state index contributed by atoms with van der Waals surface area (Å²) >= 11 is 0. The highest BCUT2D eigenvalue weighted by molar-refractivity contribution is 6.03. The fourth-order valence-electron chi connectivity index (χ4n) is 3.44. The Morgan fingerprint density at radius 1 is 1.29 bits per heavy atom. The lowest BCUT2D eigenvalue weighted by Gasteiger charge is -2.30. The van der Waals surface area contributed by atoms with E-state index in [-0.39, 0.29) is 36.0 Å². The average molecular weight is 334 g/mol. The Bertz CT molecular complexity index is 719. The second-order valence-electron chi connectivity index (χ2n) is 7.31. The fourth-order valence-corrected chi connectivity index (χ4v) is 3.44. The first-order valence-corrected chi connectivity index (χ1v) is 8.05. The van der Waals surface area contributed by atoms with Crippen LogP contribution in [0.2, 0.25) is 0 Å². The molecular formula is C17H22N2O5. The van der Waals surface area contributed by atoms with Crippen LogP contribution < -0.4 is 5.73 Å². The van der Waals surface area contributed by atoms with Gasteiger partial charge in [-0.3, -0.25) is 14.4 Å². The number of carbonyl (C=O) groups is 3. The highest BCUT2D eigenvalue weighted by Gasteiger charge is 2.38. The van der Waals surface area contributed by atoms with Crippen LogP contribution in [-0.4, -0.2) is 48.3 Å². The summed E-state index contributed by atoms with van der Waals surface area (Å²) in [5.74, 6) is -0.159. The van der Waals surface area contributed by atoms with Gasteiger partial charge in [0.05, 0.1) is 18.7 Å². The summed E-state index contributed by atoms with van der Waals surface area (Å²) < 4.78 is 11.0. The Kier molecular flexibility index (Phi) is 3.99. The van der Waals surface area contributed by atoms with Crippen molar-refractivity contribution < 1.29 is 23.5 Å². The molecule has 1 aliphatic carbocycles. The third-order valence-corrected chi connectivity index (χ3v) is 4.64. The van der Waals surface area contributed by atoms with Gasteiger partial charge in [0, 0.05) is 24.9 Å². The number of rotatable bonds is 2. The number of hydrogen-bond donors (Lipinski definition) is 1. The number of carbonyl (C=O) groups excluding carboxylic acids is 3. The largest absolute Gasteiger partial charge is 0.455 e. The van der Waals surface area contributed by atoms with Crippen molar-refractivity contribution in [2.45, 2.75) is 39.7 Å². The van der Waals surface area contributed by atoms with E-state index in [0.29, 0.717) is 36.3 Å². The summed E-state index contributed by atoms with van der Waals surface area (Å²) in [7, 11) is 0. The predicted molar refractivity (Wildman–Crippen MR) is 84.7 cm³/mol. The van der Waals surface area contributed by atoms with Gasteiger partial charge in [0.25, 0.3) is 5.91 Å². The van der Waals surface area contributed by atoms with Crippen molar-refractivity contribution in [1.29, 1.82) is 0 Å². The molecule has 1 aromatic rings. The van der Waals surface area contributed by atoms with Gasteiger partial charge >= 0.3 is 0 Å². The summed E-state index contributed by atoms with van der Waals surface area (Å²) in [5, 5.41) is 0. The number of Topliss-reactive ketones (excluding diaryl/α,β-unsaturated/α-hetero) is 1. The van der Waals surface area contributed by atoms with E-state index in [1.165, 1.54) is 4.90 Å². The monoisotopic (exact) mass is 334 g/mol. The molecule has 3 rings (SSSR count). The molecular weight excluding hydrogens is 312 g/mol. The summed E-state index contributed by atoms with van der Waals surface area (Å²) in [6, 6.07) is 0. The van der Waals surface area contributed by atoms with E-state index >= 15 is 0 Å². The topological polar surface area (TPSA) is 103 Å². The zero-order chi connectivity index (χ0) is 17.6. The Labute approximate surface area is 140 Å². The third kappa shape index (κ3) is 2.84. The van der Waals surface area contributed by atoms with Gasteiger partial charge in [-0.2, -0.15) is 0 Å². The van der Waals surface area contributed by atoms with Crippen LogP contribution in [0.4, 0.5) is 0 Å². The van der Waals surface area contributed by atoms with Crippen molar-refractivity contribution in [3.63, 3.8) is 0 Å². The molecule has 2 N–H and O–H groups in total. The number of hydrogen-bond acceptors (Lipinski definition) is 5. The highest BCUT2D eigenvalue weighted by Crippen LogP contribution is 2.38. The van der Waals surface area contributed by atoms with Gasteiger partial charge in [0.15, 0.2) is 17.6 Å². The molecule has 2 aliphatic rings. The van der Waals surface area contributed by atoms with Crippen molar-refractivity contribution in [2.75, 3.05) is 19.7 Å². The van der Waals surface area contributed by atoms with E-state index in [0.717, 1.165) is 0 Å². The minimum atomic E-state index is -0.812.